The Labute approximate surface area is 65.2 Å². The van der Waals surface area contributed by atoms with Crippen molar-refractivity contribution < 1.29 is 14.3 Å². The van der Waals surface area contributed by atoms with Gasteiger partial charge in [-0.05, 0) is 6.92 Å². The summed E-state index contributed by atoms with van der Waals surface area (Å²) in [5.74, 6) is 0. The fourth-order valence-corrected chi connectivity index (χ4v) is 0.459. The van der Waals surface area contributed by atoms with Crippen molar-refractivity contribution in [2.75, 3.05) is 7.11 Å². The van der Waals surface area contributed by atoms with Crippen LogP contribution in [0.5, 0.6) is 0 Å². The molecule has 0 saturated heterocycles. The van der Waals surface area contributed by atoms with Crippen molar-refractivity contribution in [1.82, 2.24) is 5.32 Å². The third kappa shape index (κ3) is 3.40. The van der Waals surface area contributed by atoms with E-state index in [-0.39, 0.29) is 0 Å². The summed E-state index contributed by atoms with van der Waals surface area (Å²) in [7, 11) is 1.23. The summed E-state index contributed by atoms with van der Waals surface area (Å²) in [6.07, 6.45) is -0.0377. The van der Waals surface area contributed by atoms with Gasteiger partial charge in [0.2, 0.25) is 0 Å². The summed E-state index contributed by atoms with van der Waals surface area (Å²) in [5.41, 5.74) is 0.574. The Balaban J connectivity index is 3.98. The molecule has 0 saturated carbocycles. The Morgan fingerprint density at radius 2 is 2.27 bits per heavy atom. The van der Waals surface area contributed by atoms with Gasteiger partial charge in [0, 0.05) is 0 Å². The fraction of sp³-hybridized carbons (Fsp3) is 0.429. The maximum Gasteiger partial charge on any atom is 0.407 e. The summed E-state index contributed by atoms with van der Waals surface area (Å²) in [6.45, 7) is 5.16. The van der Waals surface area contributed by atoms with E-state index >= 15 is 0 Å². The molecule has 1 atom stereocenters. The molecular weight excluding hydrogens is 146 g/mol. The van der Waals surface area contributed by atoms with Crippen molar-refractivity contribution in [1.29, 1.82) is 0 Å². The minimum absolute atomic E-state index is 0.574. The summed E-state index contributed by atoms with van der Waals surface area (Å²) >= 11 is 0. The molecular formula is C7H11NO3. The molecule has 62 valence electrons. The molecule has 4 heteroatoms. The van der Waals surface area contributed by atoms with Gasteiger partial charge in [-0.1, -0.05) is 12.2 Å². The highest BCUT2D eigenvalue weighted by Crippen LogP contribution is 1.93. The Morgan fingerprint density at radius 1 is 1.73 bits per heavy atom. The van der Waals surface area contributed by atoms with Gasteiger partial charge in [-0.3, -0.25) is 0 Å². The Hall–Kier alpha value is -1.32. The van der Waals surface area contributed by atoms with Gasteiger partial charge in [0.05, 0.1) is 7.11 Å². The van der Waals surface area contributed by atoms with Crippen LogP contribution in [0.1, 0.15) is 6.92 Å². The highest BCUT2D eigenvalue weighted by atomic mass is 16.5. The predicted molar refractivity (Wildman–Crippen MR) is 40.2 cm³/mol. The molecule has 0 aliphatic heterocycles. The molecule has 0 spiro atoms. The second kappa shape index (κ2) is 4.49. The first-order chi connectivity index (χ1) is 5.11. The zero-order chi connectivity index (χ0) is 8.85. The van der Waals surface area contributed by atoms with Crippen LogP contribution < -0.4 is 5.32 Å². The highest BCUT2D eigenvalue weighted by molar-refractivity contribution is 5.75. The van der Waals surface area contributed by atoms with E-state index in [4.69, 9.17) is 0 Å². The van der Waals surface area contributed by atoms with Gasteiger partial charge in [-0.25, -0.2) is 4.79 Å². The number of nitrogens with one attached hydrogen (secondary N) is 1. The topological polar surface area (TPSA) is 55.4 Å². The molecule has 1 amide bonds. The minimum Gasteiger partial charge on any atom is -0.453 e. The number of alkyl carbamates (subject to hydrolysis) is 1. The minimum atomic E-state index is -0.651. The predicted octanol–water partition coefficient (Wildman–Crippen LogP) is 0.486. The van der Waals surface area contributed by atoms with Crippen molar-refractivity contribution in [2.24, 2.45) is 0 Å². The van der Waals surface area contributed by atoms with Crippen molar-refractivity contribution in [3.8, 4) is 0 Å². The van der Waals surface area contributed by atoms with E-state index in [0.29, 0.717) is 11.9 Å². The Bertz CT molecular complexity index is 177. The average molecular weight is 157 g/mol. The highest BCUT2D eigenvalue weighted by Gasteiger charge is 2.10. The van der Waals surface area contributed by atoms with E-state index in [1.54, 1.807) is 6.92 Å². The van der Waals surface area contributed by atoms with E-state index in [2.05, 4.69) is 16.6 Å². The molecule has 0 fully saturated rings. The SMILES string of the molecule is C=C(C)[C@H](C=O)NC(=O)OC. The molecule has 0 bridgehead atoms. The van der Waals surface area contributed by atoms with Gasteiger partial charge in [0.15, 0.2) is 0 Å². The molecule has 4 nitrogen and oxygen atoms in total. The first kappa shape index (κ1) is 9.68. The van der Waals surface area contributed by atoms with E-state index in [1.165, 1.54) is 7.11 Å². The molecule has 1 N–H and O–H groups in total. The van der Waals surface area contributed by atoms with Gasteiger partial charge in [0.25, 0.3) is 0 Å². The van der Waals surface area contributed by atoms with Gasteiger partial charge in [-0.2, -0.15) is 0 Å². The van der Waals surface area contributed by atoms with Crippen molar-refractivity contribution in [3.05, 3.63) is 12.2 Å². The zero-order valence-electron chi connectivity index (χ0n) is 6.59. The summed E-state index contributed by atoms with van der Waals surface area (Å²) < 4.78 is 4.28. The lowest BCUT2D eigenvalue weighted by molar-refractivity contribution is -0.108. The third-order valence-corrected chi connectivity index (χ3v) is 1.13. The van der Waals surface area contributed by atoms with E-state index < -0.39 is 12.1 Å². The molecule has 0 heterocycles. The van der Waals surface area contributed by atoms with E-state index in [0.717, 1.165) is 0 Å². The fourth-order valence-electron chi connectivity index (χ4n) is 0.459. The number of carbonyl (C=O) groups excluding carboxylic acids is 2. The molecule has 0 aromatic carbocycles. The maximum absolute atomic E-state index is 10.6. The molecule has 0 aromatic rings. The summed E-state index contributed by atoms with van der Waals surface area (Å²) in [5, 5.41) is 2.29. The smallest absolute Gasteiger partial charge is 0.407 e. The number of carbonyl (C=O) groups is 2. The largest absolute Gasteiger partial charge is 0.453 e. The van der Waals surface area contributed by atoms with Crippen molar-refractivity contribution >= 4 is 12.4 Å². The maximum atomic E-state index is 10.6. The van der Waals surface area contributed by atoms with Gasteiger partial charge >= 0.3 is 6.09 Å². The third-order valence-electron chi connectivity index (χ3n) is 1.13. The quantitative estimate of drug-likeness (QED) is 0.479. The summed E-state index contributed by atoms with van der Waals surface area (Å²) in [6, 6.07) is -0.651. The number of aldehydes is 1. The Morgan fingerprint density at radius 3 is 2.55 bits per heavy atom. The van der Waals surface area contributed by atoms with Crippen LogP contribution in [0.15, 0.2) is 12.2 Å². The molecule has 0 aromatic heterocycles. The summed E-state index contributed by atoms with van der Waals surface area (Å²) in [4.78, 5) is 20.8. The standard InChI is InChI=1S/C7H11NO3/c1-5(2)6(4-9)8-7(10)11-3/h4,6H,1H2,2-3H3,(H,8,10)/t6-/m0/s1. The zero-order valence-corrected chi connectivity index (χ0v) is 6.59. The lowest BCUT2D eigenvalue weighted by Gasteiger charge is -2.10. The number of amides is 1. The van der Waals surface area contributed by atoms with Crippen molar-refractivity contribution in [3.63, 3.8) is 0 Å². The number of hydrogen-bond donors (Lipinski definition) is 1. The number of hydrogen-bond acceptors (Lipinski definition) is 3. The number of rotatable bonds is 3. The van der Waals surface area contributed by atoms with Crippen molar-refractivity contribution in [2.45, 2.75) is 13.0 Å². The molecule has 0 rings (SSSR count). The second-order valence-corrected chi connectivity index (χ2v) is 2.10. The molecule has 0 radical (unpaired) electrons. The van der Waals surface area contributed by atoms with Crippen LogP contribution in [0.4, 0.5) is 4.79 Å². The van der Waals surface area contributed by atoms with Crippen LogP contribution in [0, 0.1) is 0 Å². The van der Waals surface area contributed by atoms with E-state index in [1.807, 2.05) is 0 Å². The average Bonchev–Trinajstić information content (AvgIpc) is 1.99. The number of methoxy groups -OCH3 is 1. The van der Waals surface area contributed by atoms with Crippen LogP contribution in [-0.4, -0.2) is 25.5 Å². The molecule has 11 heavy (non-hydrogen) atoms. The number of ether oxygens (including phenoxy) is 1. The normalized spacial score (nSPS) is 11.5. The van der Waals surface area contributed by atoms with Crippen LogP contribution in [0.2, 0.25) is 0 Å². The first-order valence-electron chi connectivity index (χ1n) is 3.07. The molecule has 0 aliphatic carbocycles. The van der Waals surface area contributed by atoms with Crippen LogP contribution in [-0.2, 0) is 9.53 Å². The van der Waals surface area contributed by atoms with Gasteiger partial charge in [-0.15, -0.1) is 0 Å². The lowest BCUT2D eigenvalue weighted by Crippen LogP contribution is -2.36. The Kier molecular flexibility index (Phi) is 3.95. The van der Waals surface area contributed by atoms with Gasteiger partial charge in [0.1, 0.15) is 12.3 Å². The van der Waals surface area contributed by atoms with E-state index in [9.17, 15) is 9.59 Å². The van der Waals surface area contributed by atoms with Crippen LogP contribution in [0.3, 0.4) is 0 Å². The van der Waals surface area contributed by atoms with Crippen LogP contribution in [0.25, 0.3) is 0 Å². The monoisotopic (exact) mass is 157 g/mol. The van der Waals surface area contributed by atoms with Gasteiger partial charge < -0.3 is 14.8 Å². The molecule has 0 aliphatic rings. The second-order valence-electron chi connectivity index (χ2n) is 2.10. The molecule has 0 unspecified atom stereocenters. The van der Waals surface area contributed by atoms with Crippen LogP contribution >= 0.6 is 0 Å². The first-order valence-corrected chi connectivity index (χ1v) is 3.07. The lowest BCUT2D eigenvalue weighted by atomic mass is 10.2.